The predicted molar refractivity (Wildman–Crippen MR) is 99.7 cm³/mol. The van der Waals surface area contributed by atoms with Gasteiger partial charge in [-0.05, 0) is 24.7 Å². The summed E-state index contributed by atoms with van der Waals surface area (Å²) in [5, 5.41) is 0.737. The molecule has 0 saturated carbocycles. The lowest BCUT2D eigenvalue weighted by Crippen LogP contribution is -2.45. The second kappa shape index (κ2) is 7.23. The molecular formula is C17H23ClN6. The molecular weight excluding hydrogens is 324 g/mol. The van der Waals surface area contributed by atoms with Crippen molar-refractivity contribution in [2.75, 3.05) is 55.8 Å². The number of likely N-dealkylation sites (N-methyl/N-ethyl adjacent to an activating group) is 1. The zero-order valence-electron chi connectivity index (χ0n) is 14.1. The van der Waals surface area contributed by atoms with E-state index in [0.29, 0.717) is 12.5 Å². The molecule has 6 nitrogen and oxygen atoms in total. The minimum Gasteiger partial charge on any atom is -0.368 e. The molecule has 1 aliphatic heterocycles. The van der Waals surface area contributed by atoms with Crippen LogP contribution in [0.15, 0.2) is 30.3 Å². The van der Waals surface area contributed by atoms with Crippen LogP contribution in [0.1, 0.15) is 5.56 Å². The summed E-state index contributed by atoms with van der Waals surface area (Å²) in [6.45, 7) is 4.66. The molecule has 0 unspecified atom stereocenters. The minimum absolute atomic E-state index is 0.305. The van der Waals surface area contributed by atoms with Gasteiger partial charge in [0.15, 0.2) is 0 Å². The predicted octanol–water partition coefficient (Wildman–Crippen LogP) is 2.10. The monoisotopic (exact) mass is 346 g/mol. The van der Waals surface area contributed by atoms with Gasteiger partial charge < -0.3 is 20.4 Å². The van der Waals surface area contributed by atoms with Crippen molar-refractivity contribution < 1.29 is 0 Å². The third kappa shape index (κ3) is 4.07. The molecule has 24 heavy (non-hydrogen) atoms. The van der Waals surface area contributed by atoms with Crippen LogP contribution in [0.2, 0.25) is 5.02 Å². The van der Waals surface area contributed by atoms with E-state index in [1.54, 1.807) is 0 Å². The Balaban J connectivity index is 1.77. The average molecular weight is 347 g/mol. The molecule has 1 saturated heterocycles. The number of aromatic nitrogens is 2. The van der Waals surface area contributed by atoms with E-state index < -0.39 is 0 Å². The van der Waals surface area contributed by atoms with Gasteiger partial charge in [-0.2, -0.15) is 9.97 Å². The van der Waals surface area contributed by atoms with Crippen molar-refractivity contribution in [1.82, 2.24) is 14.9 Å². The third-order valence-corrected chi connectivity index (χ3v) is 4.48. The molecule has 7 heteroatoms. The molecule has 0 radical (unpaired) electrons. The number of halogens is 1. The van der Waals surface area contributed by atoms with E-state index >= 15 is 0 Å². The van der Waals surface area contributed by atoms with Gasteiger partial charge in [-0.3, -0.25) is 0 Å². The highest BCUT2D eigenvalue weighted by Gasteiger charge is 2.17. The molecule has 0 aliphatic carbocycles. The normalized spacial score (nSPS) is 15.5. The van der Waals surface area contributed by atoms with Gasteiger partial charge in [0.1, 0.15) is 11.6 Å². The second-order valence-corrected chi connectivity index (χ2v) is 6.66. The van der Waals surface area contributed by atoms with Crippen LogP contribution in [0.25, 0.3) is 0 Å². The highest BCUT2D eigenvalue weighted by Crippen LogP contribution is 2.22. The molecule has 0 atom stereocenters. The lowest BCUT2D eigenvalue weighted by Gasteiger charge is -2.33. The maximum atomic E-state index is 6.06. The van der Waals surface area contributed by atoms with Crippen LogP contribution in [-0.4, -0.2) is 55.1 Å². The molecule has 1 fully saturated rings. The molecule has 0 amide bonds. The Hall–Kier alpha value is -2.05. The quantitative estimate of drug-likeness (QED) is 0.914. The summed E-state index contributed by atoms with van der Waals surface area (Å²) < 4.78 is 0. The Morgan fingerprint density at radius 2 is 1.92 bits per heavy atom. The fraction of sp³-hybridized carbons (Fsp3) is 0.412. The number of nitrogens with two attached hydrogens (primary N) is 1. The first-order chi connectivity index (χ1) is 11.5. The van der Waals surface area contributed by atoms with Gasteiger partial charge in [0.05, 0.1) is 0 Å². The molecule has 3 rings (SSSR count). The van der Waals surface area contributed by atoms with E-state index in [9.17, 15) is 0 Å². The number of piperazine rings is 1. The smallest absolute Gasteiger partial charge is 0.223 e. The molecule has 0 bridgehead atoms. The summed E-state index contributed by atoms with van der Waals surface area (Å²) in [6.07, 6.45) is 0. The standard InChI is InChI=1S/C17H23ClN6/c1-22-6-8-24(9-7-22)16-11-15(20-17(19)21-16)23(2)12-13-4-3-5-14(18)10-13/h3-5,10-11H,6-9,12H2,1-2H3,(H2,19,20,21). The van der Waals surface area contributed by atoms with Crippen LogP contribution in [0.3, 0.4) is 0 Å². The van der Waals surface area contributed by atoms with Crippen molar-refractivity contribution in [3.05, 3.63) is 40.9 Å². The number of nitrogens with zero attached hydrogens (tertiary/aromatic N) is 5. The van der Waals surface area contributed by atoms with E-state index in [-0.39, 0.29) is 0 Å². The molecule has 1 aromatic carbocycles. The zero-order valence-corrected chi connectivity index (χ0v) is 14.9. The highest BCUT2D eigenvalue weighted by atomic mass is 35.5. The molecule has 2 heterocycles. The van der Waals surface area contributed by atoms with Gasteiger partial charge in [-0.1, -0.05) is 23.7 Å². The highest BCUT2D eigenvalue weighted by molar-refractivity contribution is 6.30. The molecule has 2 N–H and O–H groups in total. The fourth-order valence-corrected chi connectivity index (χ4v) is 3.04. The van der Waals surface area contributed by atoms with Crippen molar-refractivity contribution >= 4 is 29.2 Å². The first kappa shape index (κ1) is 16.8. The Kier molecular flexibility index (Phi) is 5.06. The van der Waals surface area contributed by atoms with Crippen LogP contribution in [0.5, 0.6) is 0 Å². The number of nitrogen functional groups attached to an aromatic ring is 1. The lowest BCUT2D eigenvalue weighted by molar-refractivity contribution is 0.312. The Morgan fingerprint density at radius 1 is 1.17 bits per heavy atom. The summed E-state index contributed by atoms with van der Waals surface area (Å²) in [5.74, 6) is 2.01. The van der Waals surface area contributed by atoms with Gasteiger partial charge in [0.25, 0.3) is 0 Å². The summed E-state index contributed by atoms with van der Waals surface area (Å²) >= 11 is 6.06. The van der Waals surface area contributed by atoms with Crippen LogP contribution in [0.4, 0.5) is 17.6 Å². The summed E-state index contributed by atoms with van der Waals surface area (Å²) in [6, 6.07) is 9.85. The van der Waals surface area contributed by atoms with Crippen LogP contribution in [-0.2, 0) is 6.54 Å². The van der Waals surface area contributed by atoms with Crippen molar-refractivity contribution in [2.45, 2.75) is 6.54 Å². The van der Waals surface area contributed by atoms with Crippen molar-refractivity contribution in [1.29, 1.82) is 0 Å². The summed E-state index contributed by atoms with van der Waals surface area (Å²) in [5.41, 5.74) is 7.07. The Bertz CT molecular complexity index is 699. The first-order valence-corrected chi connectivity index (χ1v) is 8.43. The SMILES string of the molecule is CN1CCN(c2cc(N(C)Cc3cccc(Cl)c3)nc(N)n2)CC1. The van der Waals surface area contributed by atoms with Gasteiger partial charge in [0.2, 0.25) is 5.95 Å². The van der Waals surface area contributed by atoms with Gasteiger partial charge >= 0.3 is 0 Å². The second-order valence-electron chi connectivity index (χ2n) is 6.22. The largest absolute Gasteiger partial charge is 0.368 e. The minimum atomic E-state index is 0.305. The van der Waals surface area contributed by atoms with E-state index in [1.807, 2.05) is 37.4 Å². The van der Waals surface area contributed by atoms with Crippen molar-refractivity contribution in [3.63, 3.8) is 0 Å². The first-order valence-electron chi connectivity index (χ1n) is 8.05. The van der Waals surface area contributed by atoms with Gasteiger partial charge in [-0.25, -0.2) is 0 Å². The molecule has 1 aromatic heterocycles. The van der Waals surface area contributed by atoms with Crippen molar-refractivity contribution in [2.24, 2.45) is 0 Å². The van der Waals surface area contributed by atoms with Crippen LogP contribution in [0, 0.1) is 0 Å². The van der Waals surface area contributed by atoms with Crippen LogP contribution >= 0.6 is 11.6 Å². The average Bonchev–Trinajstić information content (AvgIpc) is 2.55. The number of hydrogen-bond acceptors (Lipinski definition) is 6. The topological polar surface area (TPSA) is 61.5 Å². The number of benzene rings is 1. The molecule has 1 aliphatic rings. The van der Waals surface area contributed by atoms with E-state index in [4.69, 9.17) is 17.3 Å². The number of rotatable bonds is 4. The lowest BCUT2D eigenvalue weighted by atomic mass is 10.2. The third-order valence-electron chi connectivity index (χ3n) is 4.24. The maximum absolute atomic E-state index is 6.06. The van der Waals surface area contributed by atoms with Gasteiger partial charge in [0, 0.05) is 50.9 Å². The van der Waals surface area contributed by atoms with E-state index in [0.717, 1.165) is 48.4 Å². The Morgan fingerprint density at radius 3 is 2.62 bits per heavy atom. The van der Waals surface area contributed by atoms with Crippen molar-refractivity contribution in [3.8, 4) is 0 Å². The molecule has 2 aromatic rings. The zero-order chi connectivity index (χ0) is 17.1. The van der Waals surface area contributed by atoms with Gasteiger partial charge in [-0.15, -0.1) is 0 Å². The molecule has 0 spiro atoms. The molecule has 128 valence electrons. The van der Waals surface area contributed by atoms with E-state index in [2.05, 4.69) is 31.7 Å². The Labute approximate surface area is 147 Å². The fourth-order valence-electron chi connectivity index (χ4n) is 2.82. The van der Waals surface area contributed by atoms with Crippen LogP contribution < -0.4 is 15.5 Å². The van der Waals surface area contributed by atoms with E-state index in [1.165, 1.54) is 0 Å². The summed E-state index contributed by atoms with van der Waals surface area (Å²) in [4.78, 5) is 15.4. The maximum Gasteiger partial charge on any atom is 0.223 e. The summed E-state index contributed by atoms with van der Waals surface area (Å²) in [7, 11) is 4.13. The number of hydrogen-bond donors (Lipinski definition) is 1. The number of anilines is 3.